The standard InChI is InChI=1S/C60H39N3O2/c1-63-59(40-31-28-38(29-32-40)42-33-30-37-14-5-6-17-41(37)36-42)61-58(62-60(63)52-25-13-23-49-47-18-7-9-26-53(47)64-56(49)52)50-24-12-20-44-45(21-11-22-46(44)50)48-35-34-43(39-15-3-2-4-16-39)57-55(48)51-19-8-10-27-54(51)65-57/h2-36,60H,1H3. The van der Waals surface area contributed by atoms with Gasteiger partial charge in [0.15, 0.2) is 12.0 Å². The van der Waals surface area contributed by atoms with Crippen molar-refractivity contribution < 1.29 is 8.83 Å². The van der Waals surface area contributed by atoms with Crippen LogP contribution in [0.15, 0.2) is 231 Å². The van der Waals surface area contributed by atoms with Gasteiger partial charge in [-0.3, -0.25) is 0 Å². The number of amidine groups is 2. The maximum Gasteiger partial charge on any atom is 0.160 e. The molecule has 3 heterocycles. The lowest BCUT2D eigenvalue weighted by Gasteiger charge is -2.32. The van der Waals surface area contributed by atoms with Gasteiger partial charge >= 0.3 is 0 Å². The molecule has 0 radical (unpaired) electrons. The number of aliphatic imine (C=N–C) groups is 2. The molecule has 0 amide bonds. The maximum atomic E-state index is 6.70. The predicted octanol–water partition coefficient (Wildman–Crippen LogP) is 15.6. The molecular formula is C60H39N3O2. The van der Waals surface area contributed by atoms with Crippen LogP contribution in [0.3, 0.4) is 0 Å². The summed E-state index contributed by atoms with van der Waals surface area (Å²) < 4.78 is 13.3. The van der Waals surface area contributed by atoms with Crippen molar-refractivity contribution in [3.63, 3.8) is 0 Å². The topological polar surface area (TPSA) is 54.2 Å². The number of para-hydroxylation sites is 3. The van der Waals surface area contributed by atoms with Crippen LogP contribution < -0.4 is 0 Å². The second-order valence-corrected chi connectivity index (χ2v) is 16.9. The molecule has 12 aromatic rings. The van der Waals surface area contributed by atoms with Gasteiger partial charge in [-0.15, -0.1) is 0 Å². The zero-order valence-electron chi connectivity index (χ0n) is 35.4. The highest BCUT2D eigenvalue weighted by Crippen LogP contribution is 2.44. The van der Waals surface area contributed by atoms with Crippen LogP contribution in [0.5, 0.6) is 0 Å². The molecule has 0 saturated carbocycles. The first kappa shape index (κ1) is 37.1. The molecule has 1 unspecified atom stereocenters. The molecular weight excluding hydrogens is 795 g/mol. The van der Waals surface area contributed by atoms with Crippen LogP contribution in [0.4, 0.5) is 0 Å². The monoisotopic (exact) mass is 833 g/mol. The van der Waals surface area contributed by atoms with E-state index in [1.54, 1.807) is 0 Å². The summed E-state index contributed by atoms with van der Waals surface area (Å²) in [5.41, 5.74) is 13.1. The summed E-state index contributed by atoms with van der Waals surface area (Å²) in [6.45, 7) is 0. The van der Waals surface area contributed by atoms with E-state index in [0.29, 0.717) is 5.84 Å². The van der Waals surface area contributed by atoms with Gasteiger partial charge in [0.2, 0.25) is 0 Å². The van der Waals surface area contributed by atoms with E-state index in [1.807, 2.05) is 24.3 Å². The average molecular weight is 834 g/mol. The minimum atomic E-state index is -0.428. The summed E-state index contributed by atoms with van der Waals surface area (Å²) in [7, 11) is 2.09. The fraction of sp³-hybridized carbons (Fsp3) is 0.0333. The Morgan fingerprint density at radius 2 is 1.00 bits per heavy atom. The van der Waals surface area contributed by atoms with Gasteiger partial charge in [-0.2, -0.15) is 0 Å². The summed E-state index contributed by atoms with van der Waals surface area (Å²) in [6, 6.07) is 74.9. The second-order valence-electron chi connectivity index (χ2n) is 16.9. The summed E-state index contributed by atoms with van der Waals surface area (Å²) >= 11 is 0. The van der Waals surface area contributed by atoms with Gasteiger partial charge in [-0.1, -0.05) is 188 Å². The first-order valence-electron chi connectivity index (χ1n) is 22.1. The van der Waals surface area contributed by atoms with Crippen molar-refractivity contribution in [3.05, 3.63) is 229 Å². The lowest BCUT2D eigenvalue weighted by atomic mass is 9.90. The molecule has 65 heavy (non-hydrogen) atoms. The fourth-order valence-electron chi connectivity index (χ4n) is 9.99. The van der Waals surface area contributed by atoms with Crippen LogP contribution in [0.1, 0.15) is 22.9 Å². The van der Waals surface area contributed by atoms with Crippen molar-refractivity contribution in [1.29, 1.82) is 0 Å². The lowest BCUT2D eigenvalue weighted by molar-refractivity contribution is 0.382. The molecule has 0 bridgehead atoms. The Bertz CT molecular complexity index is 3910. The van der Waals surface area contributed by atoms with Gasteiger partial charge in [0, 0.05) is 50.8 Å². The molecule has 5 nitrogen and oxygen atoms in total. The van der Waals surface area contributed by atoms with Crippen molar-refractivity contribution >= 4 is 77.1 Å². The third-order valence-corrected chi connectivity index (χ3v) is 13.2. The predicted molar refractivity (Wildman–Crippen MR) is 269 cm³/mol. The Labute approximate surface area is 374 Å². The first-order chi connectivity index (χ1) is 32.1. The number of nitrogens with zero attached hydrogens (tertiary/aromatic N) is 3. The molecule has 0 fully saturated rings. The van der Waals surface area contributed by atoms with Crippen LogP contribution in [0, 0.1) is 0 Å². The van der Waals surface area contributed by atoms with E-state index in [9.17, 15) is 0 Å². The second kappa shape index (κ2) is 14.8. The molecule has 10 aromatic carbocycles. The van der Waals surface area contributed by atoms with Crippen LogP contribution in [0.2, 0.25) is 0 Å². The summed E-state index contributed by atoms with van der Waals surface area (Å²) in [5, 5.41) is 8.97. The Morgan fingerprint density at radius 3 is 1.83 bits per heavy atom. The number of hydrogen-bond acceptors (Lipinski definition) is 5. The highest BCUT2D eigenvalue weighted by atomic mass is 16.3. The van der Waals surface area contributed by atoms with E-state index in [1.165, 1.54) is 16.3 Å². The van der Waals surface area contributed by atoms with E-state index in [-0.39, 0.29) is 0 Å². The van der Waals surface area contributed by atoms with E-state index < -0.39 is 6.17 Å². The van der Waals surface area contributed by atoms with Crippen molar-refractivity contribution in [1.82, 2.24) is 4.90 Å². The number of furan rings is 2. The van der Waals surface area contributed by atoms with E-state index in [2.05, 4.69) is 200 Å². The van der Waals surface area contributed by atoms with Crippen LogP contribution in [-0.2, 0) is 0 Å². The van der Waals surface area contributed by atoms with Gasteiger partial charge < -0.3 is 13.7 Å². The maximum absolute atomic E-state index is 6.70. The molecule has 1 atom stereocenters. The summed E-state index contributed by atoms with van der Waals surface area (Å²) in [5.74, 6) is 1.49. The van der Waals surface area contributed by atoms with E-state index >= 15 is 0 Å². The smallest absolute Gasteiger partial charge is 0.160 e. The van der Waals surface area contributed by atoms with Crippen molar-refractivity contribution in [2.75, 3.05) is 7.05 Å². The molecule has 0 N–H and O–H groups in total. The highest BCUT2D eigenvalue weighted by Gasteiger charge is 2.30. The molecule has 0 saturated heterocycles. The fourth-order valence-corrected chi connectivity index (χ4v) is 9.99. The van der Waals surface area contributed by atoms with Crippen molar-refractivity contribution in [2.24, 2.45) is 9.98 Å². The van der Waals surface area contributed by atoms with Gasteiger partial charge in [0.1, 0.15) is 28.2 Å². The molecule has 1 aliphatic heterocycles. The number of hydrogen-bond donors (Lipinski definition) is 0. The van der Waals surface area contributed by atoms with Crippen molar-refractivity contribution in [2.45, 2.75) is 6.17 Å². The van der Waals surface area contributed by atoms with Crippen LogP contribution in [-0.4, -0.2) is 23.6 Å². The third kappa shape index (κ3) is 6.01. The average Bonchev–Trinajstić information content (AvgIpc) is 3.96. The number of fused-ring (bicyclic) bond motifs is 8. The molecule has 0 spiro atoms. The molecule has 0 aliphatic carbocycles. The van der Waals surface area contributed by atoms with E-state index in [0.717, 1.165) is 105 Å². The summed E-state index contributed by atoms with van der Waals surface area (Å²) in [4.78, 5) is 13.2. The SMILES string of the molecule is CN1C(c2ccc(-c3ccc4ccccc4c3)cc2)=NC(c2cccc3c(-c4ccc(-c5ccccc5)c5oc6ccccc6c45)cccc23)=NC1c1cccc2c1oc1ccccc12. The number of benzene rings is 10. The van der Waals surface area contributed by atoms with Crippen LogP contribution >= 0.6 is 0 Å². The van der Waals surface area contributed by atoms with Gasteiger partial charge in [0.05, 0.1) is 0 Å². The zero-order chi connectivity index (χ0) is 43.0. The molecule has 2 aromatic heterocycles. The van der Waals surface area contributed by atoms with Gasteiger partial charge in [0.25, 0.3) is 0 Å². The first-order valence-corrected chi connectivity index (χ1v) is 22.1. The molecule has 306 valence electrons. The molecule has 1 aliphatic rings. The summed E-state index contributed by atoms with van der Waals surface area (Å²) in [6.07, 6.45) is -0.428. The quantitative estimate of drug-likeness (QED) is 0.168. The zero-order valence-corrected chi connectivity index (χ0v) is 35.4. The largest absolute Gasteiger partial charge is 0.456 e. The van der Waals surface area contributed by atoms with Crippen molar-refractivity contribution in [3.8, 4) is 33.4 Å². The normalized spacial score (nSPS) is 14.2. The minimum absolute atomic E-state index is 0.428. The molecule has 5 heteroatoms. The number of rotatable bonds is 6. The molecule has 13 rings (SSSR count). The van der Waals surface area contributed by atoms with E-state index in [4.69, 9.17) is 18.8 Å². The van der Waals surface area contributed by atoms with Gasteiger partial charge in [-0.05, 0) is 73.6 Å². The highest BCUT2D eigenvalue weighted by molar-refractivity contribution is 6.22. The third-order valence-electron chi connectivity index (χ3n) is 13.2. The Morgan fingerprint density at radius 1 is 0.400 bits per heavy atom. The Hall–Kier alpha value is -8.54. The lowest BCUT2D eigenvalue weighted by Crippen LogP contribution is -2.35. The minimum Gasteiger partial charge on any atom is -0.456 e. The Kier molecular flexibility index (Phi) is 8.43. The van der Waals surface area contributed by atoms with Crippen LogP contribution in [0.25, 0.3) is 98.8 Å². The Balaban J connectivity index is 0.988. The van der Waals surface area contributed by atoms with Gasteiger partial charge in [-0.25, -0.2) is 9.98 Å².